The van der Waals surface area contributed by atoms with Crippen molar-refractivity contribution in [3.63, 3.8) is 0 Å². The standard InChI is InChI=1S/C11H19ClN2O2S/c1-3-4-5-6-7-14-10(8-12)9-13-11(14)17(2,15)16/h9H,3-8H2,1-2H3. The molecule has 17 heavy (non-hydrogen) atoms. The van der Waals surface area contributed by atoms with Crippen LogP contribution in [0.4, 0.5) is 0 Å². The van der Waals surface area contributed by atoms with Crippen LogP contribution in [0.1, 0.15) is 38.3 Å². The summed E-state index contributed by atoms with van der Waals surface area (Å²) in [7, 11) is -3.27. The third-order valence-electron chi connectivity index (χ3n) is 2.61. The van der Waals surface area contributed by atoms with Crippen LogP contribution in [0.25, 0.3) is 0 Å². The van der Waals surface area contributed by atoms with E-state index in [0.29, 0.717) is 6.54 Å². The highest BCUT2D eigenvalue weighted by molar-refractivity contribution is 7.90. The van der Waals surface area contributed by atoms with E-state index in [1.165, 1.54) is 12.7 Å². The van der Waals surface area contributed by atoms with Gasteiger partial charge in [-0.25, -0.2) is 13.4 Å². The Morgan fingerprint density at radius 2 is 2.06 bits per heavy atom. The van der Waals surface area contributed by atoms with Crippen molar-refractivity contribution in [1.82, 2.24) is 9.55 Å². The molecule has 6 heteroatoms. The van der Waals surface area contributed by atoms with Crippen LogP contribution in [-0.4, -0.2) is 24.2 Å². The van der Waals surface area contributed by atoms with E-state index in [-0.39, 0.29) is 11.0 Å². The Bertz CT molecular complexity index is 454. The second-order valence-corrected chi connectivity index (χ2v) is 6.33. The van der Waals surface area contributed by atoms with Crippen LogP contribution in [0.3, 0.4) is 0 Å². The van der Waals surface area contributed by atoms with E-state index in [1.54, 1.807) is 10.8 Å². The molecule has 0 amide bonds. The first-order valence-electron chi connectivity index (χ1n) is 5.81. The SMILES string of the molecule is CCCCCCn1c(CCl)cnc1S(C)(=O)=O. The molecule has 1 rings (SSSR count). The Labute approximate surface area is 108 Å². The molecule has 4 nitrogen and oxygen atoms in total. The molecule has 0 bridgehead atoms. The summed E-state index contributed by atoms with van der Waals surface area (Å²) in [4.78, 5) is 3.95. The van der Waals surface area contributed by atoms with Gasteiger partial charge < -0.3 is 4.57 Å². The fourth-order valence-corrected chi connectivity index (χ4v) is 2.80. The molecule has 1 aromatic rings. The third-order valence-corrected chi connectivity index (χ3v) is 3.87. The number of hydrogen-bond donors (Lipinski definition) is 0. The van der Waals surface area contributed by atoms with Crippen LogP contribution in [0.15, 0.2) is 11.4 Å². The molecular weight excluding hydrogens is 260 g/mol. The topological polar surface area (TPSA) is 52.0 Å². The summed E-state index contributed by atoms with van der Waals surface area (Å²) in [6.45, 7) is 2.81. The maximum Gasteiger partial charge on any atom is 0.227 e. The predicted molar refractivity (Wildman–Crippen MR) is 69.0 cm³/mol. The van der Waals surface area contributed by atoms with Crippen molar-refractivity contribution in [1.29, 1.82) is 0 Å². The van der Waals surface area contributed by atoms with Crippen LogP contribution in [-0.2, 0) is 22.3 Å². The second kappa shape index (κ2) is 6.40. The van der Waals surface area contributed by atoms with Gasteiger partial charge in [0, 0.05) is 12.8 Å². The van der Waals surface area contributed by atoms with Crippen molar-refractivity contribution < 1.29 is 8.42 Å². The zero-order valence-electron chi connectivity index (χ0n) is 10.3. The fraction of sp³-hybridized carbons (Fsp3) is 0.727. The number of sulfone groups is 1. The Balaban J connectivity index is 2.83. The van der Waals surface area contributed by atoms with Gasteiger partial charge in [0.2, 0.25) is 15.0 Å². The molecule has 0 aliphatic carbocycles. The molecule has 0 aliphatic heterocycles. The molecule has 0 saturated carbocycles. The molecule has 1 aromatic heterocycles. The number of nitrogens with zero attached hydrogens (tertiary/aromatic N) is 2. The van der Waals surface area contributed by atoms with Gasteiger partial charge in [-0.1, -0.05) is 26.2 Å². The van der Waals surface area contributed by atoms with E-state index in [2.05, 4.69) is 11.9 Å². The summed E-state index contributed by atoms with van der Waals surface area (Å²) in [6.07, 6.45) is 7.10. The van der Waals surface area contributed by atoms with E-state index < -0.39 is 9.84 Å². The number of unbranched alkanes of at least 4 members (excludes halogenated alkanes) is 3. The molecule has 98 valence electrons. The second-order valence-electron chi connectivity index (χ2n) is 4.15. The Hall–Kier alpha value is -0.550. The average Bonchev–Trinajstić information content (AvgIpc) is 2.67. The fourth-order valence-electron chi connectivity index (χ4n) is 1.73. The molecule has 0 unspecified atom stereocenters. The van der Waals surface area contributed by atoms with Gasteiger partial charge in [0.05, 0.1) is 17.8 Å². The average molecular weight is 279 g/mol. The van der Waals surface area contributed by atoms with Crippen LogP contribution < -0.4 is 0 Å². The monoisotopic (exact) mass is 278 g/mol. The van der Waals surface area contributed by atoms with Crippen molar-refractivity contribution in [3.8, 4) is 0 Å². The van der Waals surface area contributed by atoms with E-state index >= 15 is 0 Å². The summed E-state index contributed by atoms with van der Waals surface area (Å²) in [6, 6.07) is 0. The summed E-state index contributed by atoms with van der Waals surface area (Å²) in [5.74, 6) is 0.288. The number of alkyl halides is 1. The van der Waals surface area contributed by atoms with E-state index in [0.717, 1.165) is 25.0 Å². The lowest BCUT2D eigenvalue weighted by Gasteiger charge is -2.09. The highest BCUT2D eigenvalue weighted by Gasteiger charge is 2.17. The Morgan fingerprint density at radius 1 is 1.35 bits per heavy atom. The summed E-state index contributed by atoms with van der Waals surface area (Å²) < 4.78 is 24.8. The van der Waals surface area contributed by atoms with Gasteiger partial charge in [-0.05, 0) is 6.42 Å². The van der Waals surface area contributed by atoms with Crippen molar-refractivity contribution >= 4 is 21.4 Å². The van der Waals surface area contributed by atoms with Gasteiger partial charge >= 0.3 is 0 Å². The van der Waals surface area contributed by atoms with Gasteiger partial charge in [0.25, 0.3) is 0 Å². The lowest BCUT2D eigenvalue weighted by Crippen LogP contribution is -2.11. The molecule has 0 aliphatic rings. The van der Waals surface area contributed by atoms with Crippen molar-refractivity contribution in [2.24, 2.45) is 0 Å². The lowest BCUT2D eigenvalue weighted by molar-refractivity contribution is 0.524. The smallest absolute Gasteiger partial charge is 0.227 e. The molecule has 0 fully saturated rings. The minimum atomic E-state index is -3.27. The minimum Gasteiger partial charge on any atom is -0.318 e. The Morgan fingerprint density at radius 3 is 2.59 bits per heavy atom. The van der Waals surface area contributed by atoms with Crippen molar-refractivity contribution in [3.05, 3.63) is 11.9 Å². The minimum absolute atomic E-state index is 0.129. The number of imidazole rings is 1. The quantitative estimate of drug-likeness (QED) is 0.569. The molecular formula is C11H19ClN2O2S. The first kappa shape index (κ1) is 14.5. The van der Waals surface area contributed by atoms with Gasteiger partial charge in [-0.3, -0.25) is 0 Å². The van der Waals surface area contributed by atoms with Gasteiger partial charge in [0.1, 0.15) is 0 Å². The maximum atomic E-state index is 11.5. The van der Waals surface area contributed by atoms with Gasteiger partial charge in [-0.15, -0.1) is 11.6 Å². The lowest BCUT2D eigenvalue weighted by atomic mass is 10.2. The number of aromatic nitrogens is 2. The van der Waals surface area contributed by atoms with Gasteiger partial charge in [-0.2, -0.15) is 0 Å². The summed E-state index contributed by atoms with van der Waals surface area (Å²) in [5.41, 5.74) is 0.767. The highest BCUT2D eigenvalue weighted by atomic mass is 35.5. The summed E-state index contributed by atoms with van der Waals surface area (Å²) in [5, 5.41) is 0.129. The van der Waals surface area contributed by atoms with Crippen molar-refractivity contribution in [2.45, 2.75) is 50.2 Å². The first-order valence-corrected chi connectivity index (χ1v) is 8.23. The van der Waals surface area contributed by atoms with E-state index in [4.69, 9.17) is 11.6 Å². The van der Waals surface area contributed by atoms with Crippen LogP contribution in [0.5, 0.6) is 0 Å². The number of hydrogen-bond acceptors (Lipinski definition) is 3. The number of rotatable bonds is 7. The van der Waals surface area contributed by atoms with Gasteiger partial charge in [0.15, 0.2) is 0 Å². The third kappa shape index (κ3) is 4.00. The van der Waals surface area contributed by atoms with E-state index in [9.17, 15) is 8.42 Å². The number of halogens is 1. The molecule has 0 atom stereocenters. The Kier molecular flexibility index (Phi) is 5.46. The molecule has 0 radical (unpaired) electrons. The normalized spacial score (nSPS) is 11.9. The van der Waals surface area contributed by atoms with Crippen LogP contribution in [0, 0.1) is 0 Å². The largest absolute Gasteiger partial charge is 0.318 e. The van der Waals surface area contributed by atoms with Crippen molar-refractivity contribution in [2.75, 3.05) is 6.26 Å². The summed E-state index contributed by atoms with van der Waals surface area (Å²) >= 11 is 5.78. The molecule has 0 saturated heterocycles. The zero-order valence-corrected chi connectivity index (χ0v) is 11.9. The molecule has 0 N–H and O–H groups in total. The van der Waals surface area contributed by atoms with Crippen LogP contribution >= 0.6 is 11.6 Å². The molecule has 0 spiro atoms. The highest BCUT2D eigenvalue weighted by Crippen LogP contribution is 2.15. The molecule has 0 aromatic carbocycles. The molecule has 1 heterocycles. The maximum absolute atomic E-state index is 11.5. The van der Waals surface area contributed by atoms with Crippen LogP contribution in [0.2, 0.25) is 0 Å². The van der Waals surface area contributed by atoms with E-state index in [1.807, 2.05) is 0 Å². The predicted octanol–water partition coefficient (Wildman–Crippen LogP) is 2.61. The first-order chi connectivity index (χ1) is 8.00. The zero-order chi connectivity index (χ0) is 12.9.